The molecule has 104 valence electrons. The Kier molecular flexibility index (Phi) is 4.83. The highest BCUT2D eigenvalue weighted by molar-refractivity contribution is 9.13. The monoisotopic (exact) mass is 397 g/mol. The number of benzene rings is 2. The first-order valence-electron chi connectivity index (χ1n) is 5.98. The highest BCUT2D eigenvalue weighted by atomic mass is 79.9. The Balaban J connectivity index is 2.29. The zero-order chi connectivity index (χ0) is 14.7. The molecule has 0 fully saturated rings. The molecule has 0 aliphatic carbocycles. The number of anilines is 1. The molecule has 1 unspecified atom stereocenters. The smallest absolute Gasteiger partial charge is 0.330 e. The van der Waals surface area contributed by atoms with Gasteiger partial charge in [-0.15, -0.1) is 0 Å². The van der Waals surface area contributed by atoms with E-state index in [9.17, 15) is 9.90 Å². The maximum atomic E-state index is 11.5. The fourth-order valence-corrected chi connectivity index (χ4v) is 2.44. The van der Waals surface area contributed by atoms with Gasteiger partial charge >= 0.3 is 5.97 Å². The number of hydrogen-bond donors (Lipinski definition) is 2. The van der Waals surface area contributed by atoms with Crippen LogP contribution in [0.1, 0.15) is 17.2 Å². The van der Waals surface area contributed by atoms with Crippen molar-refractivity contribution in [2.75, 3.05) is 5.32 Å². The van der Waals surface area contributed by atoms with Crippen molar-refractivity contribution in [2.45, 2.75) is 13.0 Å². The normalized spacial score (nSPS) is 11.9. The van der Waals surface area contributed by atoms with E-state index in [0.29, 0.717) is 5.56 Å². The van der Waals surface area contributed by atoms with Crippen molar-refractivity contribution in [1.29, 1.82) is 0 Å². The molecular formula is C15H13Br2NO2. The second-order valence-electron chi connectivity index (χ2n) is 4.46. The lowest BCUT2D eigenvalue weighted by Crippen LogP contribution is -2.20. The number of carboxylic acids is 1. The first-order valence-corrected chi connectivity index (χ1v) is 7.57. The van der Waals surface area contributed by atoms with E-state index in [4.69, 9.17) is 0 Å². The number of carbonyl (C=O) groups is 1. The van der Waals surface area contributed by atoms with E-state index >= 15 is 0 Å². The van der Waals surface area contributed by atoms with Crippen molar-refractivity contribution in [3.63, 3.8) is 0 Å². The molecule has 0 aromatic heterocycles. The number of nitrogens with one attached hydrogen (secondary N) is 1. The Morgan fingerprint density at radius 2 is 1.75 bits per heavy atom. The average Bonchev–Trinajstić information content (AvgIpc) is 2.41. The van der Waals surface area contributed by atoms with Crippen LogP contribution < -0.4 is 5.32 Å². The van der Waals surface area contributed by atoms with Gasteiger partial charge < -0.3 is 10.4 Å². The van der Waals surface area contributed by atoms with E-state index in [1.165, 1.54) is 0 Å². The third kappa shape index (κ3) is 3.61. The SMILES string of the molecule is Cc1ccc(NC(C(=O)O)c2ccc(Br)c(Br)c2)cc1. The molecule has 2 N–H and O–H groups in total. The number of halogens is 2. The molecule has 0 heterocycles. The third-order valence-corrected chi connectivity index (χ3v) is 4.77. The Hall–Kier alpha value is -1.33. The average molecular weight is 399 g/mol. The Bertz CT molecular complexity index is 626. The molecule has 2 aromatic carbocycles. The van der Waals surface area contributed by atoms with Gasteiger partial charge in [0.1, 0.15) is 0 Å². The van der Waals surface area contributed by atoms with E-state index in [-0.39, 0.29) is 0 Å². The van der Waals surface area contributed by atoms with Crippen LogP contribution in [0.15, 0.2) is 51.4 Å². The van der Waals surface area contributed by atoms with Crippen molar-refractivity contribution >= 4 is 43.5 Å². The number of rotatable bonds is 4. The summed E-state index contributed by atoms with van der Waals surface area (Å²) in [5.41, 5.74) is 2.60. The first kappa shape index (κ1) is 15.1. The molecule has 5 heteroatoms. The molecule has 20 heavy (non-hydrogen) atoms. The van der Waals surface area contributed by atoms with Crippen molar-refractivity contribution in [2.24, 2.45) is 0 Å². The van der Waals surface area contributed by atoms with Gasteiger partial charge in [-0.05, 0) is 68.6 Å². The minimum Gasteiger partial charge on any atom is -0.479 e. The third-order valence-electron chi connectivity index (χ3n) is 2.89. The lowest BCUT2D eigenvalue weighted by atomic mass is 10.1. The standard InChI is InChI=1S/C15H13Br2NO2/c1-9-2-5-11(6-3-9)18-14(15(19)20)10-4-7-12(16)13(17)8-10/h2-8,14,18H,1H3,(H,19,20). The topological polar surface area (TPSA) is 49.3 Å². The zero-order valence-electron chi connectivity index (χ0n) is 10.7. The molecule has 0 amide bonds. The van der Waals surface area contributed by atoms with Crippen molar-refractivity contribution in [3.05, 3.63) is 62.5 Å². The van der Waals surface area contributed by atoms with Crippen molar-refractivity contribution < 1.29 is 9.90 Å². The zero-order valence-corrected chi connectivity index (χ0v) is 13.9. The molecule has 0 spiro atoms. The summed E-state index contributed by atoms with van der Waals surface area (Å²) in [7, 11) is 0. The number of aryl methyl sites for hydroxylation is 1. The van der Waals surface area contributed by atoms with Crippen molar-refractivity contribution in [1.82, 2.24) is 0 Å². The second kappa shape index (κ2) is 6.41. The summed E-state index contributed by atoms with van der Waals surface area (Å²) in [4.78, 5) is 11.5. The molecule has 2 rings (SSSR count). The van der Waals surface area contributed by atoms with E-state index in [2.05, 4.69) is 37.2 Å². The van der Waals surface area contributed by atoms with Gasteiger partial charge in [-0.3, -0.25) is 0 Å². The minimum atomic E-state index is -0.917. The predicted molar refractivity (Wildman–Crippen MR) is 87.0 cm³/mol. The van der Waals surface area contributed by atoms with Gasteiger partial charge in [-0.25, -0.2) is 4.79 Å². The van der Waals surface area contributed by atoms with E-state index < -0.39 is 12.0 Å². The molecular weight excluding hydrogens is 386 g/mol. The van der Waals surface area contributed by atoms with E-state index in [1.807, 2.05) is 37.3 Å². The van der Waals surface area contributed by atoms with Gasteiger partial charge in [0.05, 0.1) is 0 Å². The van der Waals surface area contributed by atoms with Gasteiger partial charge in [-0.2, -0.15) is 0 Å². The second-order valence-corrected chi connectivity index (χ2v) is 6.16. The molecule has 0 aliphatic heterocycles. The summed E-state index contributed by atoms with van der Waals surface area (Å²) in [6, 6.07) is 12.3. The summed E-state index contributed by atoms with van der Waals surface area (Å²) in [6.07, 6.45) is 0. The van der Waals surface area contributed by atoms with Crippen LogP contribution in [-0.4, -0.2) is 11.1 Å². The fraction of sp³-hybridized carbons (Fsp3) is 0.133. The molecule has 0 aliphatic rings. The Labute approximate surface area is 134 Å². The van der Waals surface area contributed by atoms with Crippen LogP contribution in [0.4, 0.5) is 5.69 Å². The van der Waals surface area contributed by atoms with E-state index in [0.717, 1.165) is 20.2 Å². The van der Waals surface area contributed by atoms with Crippen LogP contribution in [0.25, 0.3) is 0 Å². The molecule has 0 saturated carbocycles. The predicted octanol–water partition coefficient (Wildman–Crippen LogP) is 4.76. The maximum absolute atomic E-state index is 11.5. The van der Waals surface area contributed by atoms with Crippen LogP contribution in [0.2, 0.25) is 0 Å². The van der Waals surface area contributed by atoms with Crippen molar-refractivity contribution in [3.8, 4) is 0 Å². The van der Waals surface area contributed by atoms with Crippen LogP contribution in [0.3, 0.4) is 0 Å². The van der Waals surface area contributed by atoms with Crippen LogP contribution in [0, 0.1) is 6.92 Å². The van der Waals surface area contributed by atoms with Crippen LogP contribution in [0.5, 0.6) is 0 Å². The molecule has 0 saturated heterocycles. The lowest BCUT2D eigenvalue weighted by Gasteiger charge is -2.17. The molecule has 3 nitrogen and oxygen atoms in total. The highest BCUT2D eigenvalue weighted by Crippen LogP contribution is 2.28. The van der Waals surface area contributed by atoms with E-state index in [1.54, 1.807) is 12.1 Å². The van der Waals surface area contributed by atoms with Gasteiger partial charge in [-0.1, -0.05) is 23.8 Å². The number of carboxylic acid groups (broad SMARTS) is 1. The Morgan fingerprint density at radius 1 is 1.10 bits per heavy atom. The summed E-state index contributed by atoms with van der Waals surface area (Å²) in [5, 5.41) is 12.4. The lowest BCUT2D eigenvalue weighted by molar-refractivity contribution is -0.138. The molecule has 0 bridgehead atoms. The van der Waals surface area contributed by atoms with Crippen LogP contribution >= 0.6 is 31.9 Å². The summed E-state index contributed by atoms with van der Waals surface area (Å²) < 4.78 is 1.72. The molecule has 0 radical (unpaired) electrons. The fourth-order valence-electron chi connectivity index (χ4n) is 1.80. The van der Waals surface area contributed by atoms with Gasteiger partial charge in [0.15, 0.2) is 6.04 Å². The van der Waals surface area contributed by atoms with Gasteiger partial charge in [0, 0.05) is 14.6 Å². The minimum absolute atomic E-state index is 0.688. The number of aliphatic carboxylic acids is 1. The summed E-state index contributed by atoms with van der Waals surface area (Å²) >= 11 is 6.77. The summed E-state index contributed by atoms with van der Waals surface area (Å²) in [6.45, 7) is 1.99. The van der Waals surface area contributed by atoms with Gasteiger partial charge in [0.25, 0.3) is 0 Å². The van der Waals surface area contributed by atoms with Crippen LogP contribution in [-0.2, 0) is 4.79 Å². The Morgan fingerprint density at radius 3 is 2.30 bits per heavy atom. The molecule has 2 aromatic rings. The highest BCUT2D eigenvalue weighted by Gasteiger charge is 2.20. The summed E-state index contributed by atoms with van der Waals surface area (Å²) in [5.74, 6) is -0.917. The number of hydrogen-bond acceptors (Lipinski definition) is 2. The molecule has 1 atom stereocenters. The maximum Gasteiger partial charge on any atom is 0.330 e. The van der Waals surface area contributed by atoms with Gasteiger partial charge in [0.2, 0.25) is 0 Å². The first-order chi connectivity index (χ1) is 9.47. The largest absolute Gasteiger partial charge is 0.479 e. The quantitative estimate of drug-likeness (QED) is 0.780.